The number of halogens is 2. The maximum absolute atomic E-state index is 14.2. The number of carboxylic acids is 1. The Hall–Kier alpha value is -3.31. The summed E-state index contributed by atoms with van der Waals surface area (Å²) < 4.78 is 81.1. The van der Waals surface area contributed by atoms with Gasteiger partial charge in [-0.1, -0.05) is 12.1 Å². The third-order valence-corrected chi connectivity index (χ3v) is 8.89. The molecule has 7 nitrogen and oxygen atoms in total. The van der Waals surface area contributed by atoms with E-state index in [0.717, 1.165) is 28.6 Å². The normalized spacial score (nSPS) is 14.1. The number of fused-ring (bicyclic) bond motifs is 1. The number of aryl methyl sites for hydroxylation is 1. The summed E-state index contributed by atoms with van der Waals surface area (Å²) in [5.74, 6) is -3.48. The number of rotatable bonds is 5. The van der Waals surface area contributed by atoms with Crippen LogP contribution < -0.4 is 4.31 Å². The molecular weight excluding hydrogens is 476 g/mol. The summed E-state index contributed by atoms with van der Waals surface area (Å²) in [5.41, 5.74) is 0.458. The number of sulfone groups is 1. The van der Waals surface area contributed by atoms with E-state index in [-0.39, 0.29) is 27.6 Å². The van der Waals surface area contributed by atoms with E-state index < -0.39 is 42.4 Å². The van der Waals surface area contributed by atoms with Gasteiger partial charge in [0.1, 0.15) is 16.5 Å². The minimum Gasteiger partial charge on any atom is -0.478 e. The number of carboxylic acid groups (broad SMARTS) is 1. The van der Waals surface area contributed by atoms with Crippen molar-refractivity contribution in [2.45, 2.75) is 27.5 Å². The van der Waals surface area contributed by atoms with Gasteiger partial charge < -0.3 is 5.11 Å². The lowest BCUT2D eigenvalue weighted by atomic mass is 10.0. The zero-order valence-electron chi connectivity index (χ0n) is 16.9. The lowest BCUT2D eigenvalue weighted by Gasteiger charge is -2.31. The molecule has 3 aromatic rings. The van der Waals surface area contributed by atoms with Crippen molar-refractivity contribution < 1.29 is 35.5 Å². The molecule has 1 heterocycles. The molecule has 0 aliphatic carbocycles. The van der Waals surface area contributed by atoms with Crippen LogP contribution in [0.5, 0.6) is 0 Å². The van der Waals surface area contributed by atoms with Crippen LogP contribution in [0.3, 0.4) is 0 Å². The Morgan fingerprint density at radius 1 is 0.909 bits per heavy atom. The van der Waals surface area contributed by atoms with Gasteiger partial charge in [0.05, 0.1) is 21.0 Å². The highest BCUT2D eigenvalue weighted by atomic mass is 32.2. The Kier molecular flexibility index (Phi) is 5.71. The van der Waals surface area contributed by atoms with Crippen LogP contribution >= 0.6 is 0 Å². The summed E-state index contributed by atoms with van der Waals surface area (Å²) in [6.45, 7) is 0.0427. The van der Waals surface area contributed by atoms with E-state index in [1.807, 2.05) is 0 Å². The first-order valence-electron chi connectivity index (χ1n) is 9.71. The number of nitrogens with zero attached hydrogens (tertiary/aromatic N) is 1. The van der Waals surface area contributed by atoms with Crippen molar-refractivity contribution in [3.8, 4) is 0 Å². The third-order valence-electron chi connectivity index (χ3n) is 5.30. The van der Waals surface area contributed by atoms with Gasteiger partial charge in [0.25, 0.3) is 10.0 Å². The predicted molar refractivity (Wildman–Crippen MR) is 115 cm³/mol. The molecule has 1 aliphatic rings. The van der Waals surface area contributed by atoms with Crippen molar-refractivity contribution in [3.05, 3.63) is 83.4 Å². The quantitative estimate of drug-likeness (QED) is 0.544. The van der Waals surface area contributed by atoms with Gasteiger partial charge in [-0.3, -0.25) is 4.31 Å². The molecule has 0 bridgehead atoms. The second-order valence-corrected chi connectivity index (χ2v) is 11.2. The summed E-state index contributed by atoms with van der Waals surface area (Å²) in [6.07, 6.45) is 0.950. The first-order valence-corrected chi connectivity index (χ1v) is 12.6. The zero-order chi connectivity index (χ0) is 24.0. The molecule has 0 unspecified atom stereocenters. The van der Waals surface area contributed by atoms with Gasteiger partial charge in [0, 0.05) is 12.6 Å². The highest BCUT2D eigenvalue weighted by Gasteiger charge is 2.32. The minimum atomic E-state index is -4.41. The van der Waals surface area contributed by atoms with Crippen LogP contribution in [0.1, 0.15) is 22.3 Å². The topological polar surface area (TPSA) is 109 Å². The summed E-state index contributed by atoms with van der Waals surface area (Å²) in [5, 5.41) is 9.19. The molecule has 0 amide bonds. The molecule has 0 saturated heterocycles. The molecule has 172 valence electrons. The lowest BCUT2D eigenvalue weighted by Crippen LogP contribution is -2.35. The van der Waals surface area contributed by atoms with Crippen molar-refractivity contribution in [3.63, 3.8) is 0 Å². The highest BCUT2D eigenvalue weighted by molar-refractivity contribution is 7.93. The van der Waals surface area contributed by atoms with Crippen LogP contribution in [-0.4, -0.2) is 34.5 Å². The monoisotopic (exact) mass is 493 g/mol. The zero-order valence-corrected chi connectivity index (χ0v) is 18.5. The number of aromatic carboxylic acids is 1. The average molecular weight is 494 g/mol. The molecule has 0 radical (unpaired) electrons. The molecule has 0 fully saturated rings. The van der Waals surface area contributed by atoms with E-state index in [0.29, 0.717) is 24.5 Å². The molecule has 1 aliphatic heterocycles. The summed E-state index contributed by atoms with van der Waals surface area (Å²) in [7, 11) is -8.63. The van der Waals surface area contributed by atoms with Crippen LogP contribution in [0.15, 0.2) is 75.4 Å². The number of sulfonamides is 1. The smallest absolute Gasteiger partial charge is 0.335 e. The molecule has 3 aromatic carbocycles. The molecule has 0 saturated carbocycles. The molecule has 0 atom stereocenters. The minimum absolute atomic E-state index is 0.0427. The van der Waals surface area contributed by atoms with Crippen molar-refractivity contribution in [2.24, 2.45) is 0 Å². The largest absolute Gasteiger partial charge is 0.478 e. The van der Waals surface area contributed by atoms with Gasteiger partial charge >= 0.3 is 5.97 Å². The number of benzene rings is 3. The lowest BCUT2D eigenvalue weighted by molar-refractivity contribution is 0.0696. The standard InChI is InChI=1S/C22H17F2NO6S2/c23-16-7-9-21(19(24)12-16)32(28,29)17-8-6-14-4-2-10-25(20(14)13-17)33(30,31)18-5-1-3-15(11-18)22(26)27/h1,3,5-9,11-13H,2,4,10H2,(H,26,27). The van der Waals surface area contributed by atoms with Crippen molar-refractivity contribution in [1.82, 2.24) is 0 Å². The Labute approximate surface area is 188 Å². The fraction of sp³-hybridized carbons (Fsp3) is 0.136. The maximum atomic E-state index is 14.2. The second-order valence-electron chi connectivity index (χ2n) is 7.38. The van der Waals surface area contributed by atoms with Gasteiger partial charge in [0.2, 0.25) is 9.84 Å². The fourth-order valence-corrected chi connectivity index (χ4v) is 6.58. The molecule has 0 spiro atoms. The SMILES string of the molecule is O=C(O)c1cccc(S(=O)(=O)N2CCCc3ccc(S(=O)(=O)c4ccc(F)cc4F)cc32)c1. The Bertz CT molecular complexity index is 1490. The van der Waals surface area contributed by atoms with E-state index in [1.54, 1.807) is 0 Å². The number of hydrogen-bond donors (Lipinski definition) is 1. The maximum Gasteiger partial charge on any atom is 0.335 e. The molecular formula is C22H17F2NO6S2. The molecule has 1 N–H and O–H groups in total. The molecule has 33 heavy (non-hydrogen) atoms. The number of anilines is 1. The van der Waals surface area contributed by atoms with E-state index in [1.165, 1.54) is 30.3 Å². The summed E-state index contributed by atoms with van der Waals surface area (Å²) >= 11 is 0. The third kappa shape index (κ3) is 4.09. The Morgan fingerprint density at radius 3 is 2.36 bits per heavy atom. The highest BCUT2D eigenvalue weighted by Crippen LogP contribution is 2.35. The van der Waals surface area contributed by atoms with Crippen molar-refractivity contribution in [2.75, 3.05) is 10.8 Å². The fourth-order valence-electron chi connectivity index (χ4n) is 3.67. The van der Waals surface area contributed by atoms with Gasteiger partial charge in [-0.25, -0.2) is 30.4 Å². The molecule has 0 aromatic heterocycles. The van der Waals surface area contributed by atoms with Crippen LogP contribution in [0.2, 0.25) is 0 Å². The first kappa shape index (κ1) is 22.9. The van der Waals surface area contributed by atoms with E-state index in [9.17, 15) is 35.5 Å². The van der Waals surface area contributed by atoms with Crippen molar-refractivity contribution >= 4 is 31.5 Å². The molecule has 4 rings (SSSR count). The summed E-state index contributed by atoms with van der Waals surface area (Å²) in [4.78, 5) is 9.92. The predicted octanol–water partition coefficient (Wildman–Crippen LogP) is 3.64. The first-order chi connectivity index (χ1) is 15.5. The number of hydrogen-bond acceptors (Lipinski definition) is 5. The Balaban J connectivity index is 1.82. The van der Waals surface area contributed by atoms with E-state index in [2.05, 4.69) is 0 Å². The van der Waals surface area contributed by atoms with Gasteiger partial charge in [-0.05, 0) is 60.9 Å². The van der Waals surface area contributed by atoms with Crippen LogP contribution in [0.4, 0.5) is 14.5 Å². The van der Waals surface area contributed by atoms with Gasteiger partial charge in [-0.2, -0.15) is 0 Å². The van der Waals surface area contributed by atoms with E-state index >= 15 is 0 Å². The second kappa shape index (κ2) is 8.23. The van der Waals surface area contributed by atoms with Gasteiger partial charge in [0.15, 0.2) is 0 Å². The van der Waals surface area contributed by atoms with Crippen LogP contribution in [0.25, 0.3) is 0 Å². The molecule has 11 heteroatoms. The summed E-state index contributed by atoms with van der Waals surface area (Å²) in [6, 6.07) is 10.8. The van der Waals surface area contributed by atoms with Crippen LogP contribution in [0, 0.1) is 11.6 Å². The van der Waals surface area contributed by atoms with Gasteiger partial charge in [-0.15, -0.1) is 0 Å². The van der Waals surface area contributed by atoms with Crippen molar-refractivity contribution in [1.29, 1.82) is 0 Å². The average Bonchev–Trinajstić information content (AvgIpc) is 2.78. The van der Waals surface area contributed by atoms with E-state index in [4.69, 9.17) is 0 Å². The number of carbonyl (C=O) groups is 1. The Morgan fingerprint density at radius 2 is 1.67 bits per heavy atom. The van der Waals surface area contributed by atoms with Crippen LogP contribution in [-0.2, 0) is 26.3 Å².